The number of nitrogens with two attached hydrogens (primary N) is 1. The number of benzene rings is 2. The van der Waals surface area contributed by atoms with Crippen LogP contribution in [-0.4, -0.2) is 30.9 Å². The molecule has 7 heteroatoms. The Labute approximate surface area is 205 Å². The molecule has 2 N–H and O–H groups in total. The third-order valence-electron chi connectivity index (χ3n) is 6.52. The van der Waals surface area contributed by atoms with Gasteiger partial charge in [-0.15, -0.1) is 0 Å². The lowest BCUT2D eigenvalue weighted by Gasteiger charge is -2.44. The van der Waals surface area contributed by atoms with Crippen LogP contribution < -0.4 is 10.5 Å². The predicted octanol–water partition coefficient (Wildman–Crippen LogP) is 4.79. The summed E-state index contributed by atoms with van der Waals surface area (Å²) < 4.78 is 25.0. The molecule has 0 saturated carbocycles. The van der Waals surface area contributed by atoms with Gasteiger partial charge in [-0.3, -0.25) is 4.79 Å². The summed E-state index contributed by atoms with van der Waals surface area (Å²) in [6.45, 7) is 5.13. The molecule has 2 aliphatic rings. The largest absolute Gasteiger partial charge is 0.489 e. The molecule has 1 heterocycles. The molecule has 2 aromatic carbocycles. The van der Waals surface area contributed by atoms with Crippen LogP contribution in [0.1, 0.15) is 43.7 Å². The Morgan fingerprint density at radius 2 is 1.97 bits per heavy atom. The topological polar surface area (TPSA) is 88.6 Å². The van der Waals surface area contributed by atoms with Crippen molar-refractivity contribution in [1.29, 1.82) is 5.26 Å². The average molecular weight is 476 g/mol. The van der Waals surface area contributed by atoms with Crippen molar-refractivity contribution in [2.24, 2.45) is 11.1 Å². The molecule has 0 spiro atoms. The van der Waals surface area contributed by atoms with Crippen LogP contribution in [0.4, 0.5) is 4.39 Å². The smallest absolute Gasteiger partial charge is 0.162 e. The van der Waals surface area contributed by atoms with Crippen molar-refractivity contribution in [1.82, 2.24) is 4.90 Å². The van der Waals surface area contributed by atoms with E-state index in [2.05, 4.69) is 19.9 Å². The van der Waals surface area contributed by atoms with Gasteiger partial charge in [-0.1, -0.05) is 44.2 Å². The highest BCUT2D eigenvalue weighted by atomic mass is 19.1. The lowest BCUT2D eigenvalue weighted by atomic mass is 9.68. The van der Waals surface area contributed by atoms with E-state index in [1.807, 2.05) is 23.1 Å². The second-order valence-corrected chi connectivity index (χ2v) is 9.75. The standard InChI is InChI=1S/C28H30FN3O3/c1-28(2)14-22-26(23(33)15-28)25(21(16-30)27(31)32(22)11-12-34-3)20-9-4-5-10-24(20)35-17-18-7-6-8-19(29)13-18/h4-10,13,25H,11-12,14-15,17,31H2,1-3H3/t25-/m1/s1. The first-order valence-corrected chi connectivity index (χ1v) is 11.6. The Hall–Kier alpha value is -3.63. The highest BCUT2D eigenvalue weighted by Crippen LogP contribution is 2.50. The van der Waals surface area contributed by atoms with Crippen molar-refractivity contribution < 1.29 is 18.7 Å². The second-order valence-electron chi connectivity index (χ2n) is 9.75. The zero-order valence-corrected chi connectivity index (χ0v) is 20.3. The third-order valence-corrected chi connectivity index (χ3v) is 6.52. The zero-order valence-electron chi connectivity index (χ0n) is 20.3. The number of hydrogen-bond acceptors (Lipinski definition) is 6. The van der Waals surface area contributed by atoms with Crippen molar-refractivity contribution in [3.63, 3.8) is 0 Å². The number of halogens is 1. The van der Waals surface area contributed by atoms with E-state index < -0.39 is 5.92 Å². The number of carbonyl (C=O) groups is 1. The van der Waals surface area contributed by atoms with Gasteiger partial charge in [-0.05, 0) is 35.6 Å². The number of carbonyl (C=O) groups excluding carboxylic acids is 1. The molecule has 0 radical (unpaired) electrons. The fourth-order valence-corrected chi connectivity index (χ4v) is 4.96. The number of nitrogens with zero attached hydrogens (tertiary/aromatic N) is 2. The fraction of sp³-hybridized carbons (Fsp3) is 0.357. The third kappa shape index (κ3) is 4.94. The number of hydrogen-bond donors (Lipinski definition) is 1. The quantitative estimate of drug-likeness (QED) is 0.620. The van der Waals surface area contributed by atoms with Crippen molar-refractivity contribution in [2.45, 2.75) is 39.2 Å². The maximum absolute atomic E-state index is 13.7. The van der Waals surface area contributed by atoms with Crippen molar-refractivity contribution >= 4 is 5.78 Å². The summed E-state index contributed by atoms with van der Waals surface area (Å²) in [7, 11) is 1.61. The van der Waals surface area contributed by atoms with Crippen LogP contribution in [0.15, 0.2) is 71.2 Å². The summed E-state index contributed by atoms with van der Waals surface area (Å²) >= 11 is 0. The first-order chi connectivity index (χ1) is 16.8. The van der Waals surface area contributed by atoms with Crippen LogP contribution in [0.2, 0.25) is 0 Å². The van der Waals surface area contributed by atoms with E-state index in [0.717, 1.165) is 5.70 Å². The molecule has 0 fully saturated rings. The number of Topliss-reactive ketones (excluding diaryl/α,β-unsaturated/α-hetero) is 1. The van der Waals surface area contributed by atoms with E-state index in [1.165, 1.54) is 12.1 Å². The van der Waals surface area contributed by atoms with Gasteiger partial charge in [0.05, 0.1) is 24.2 Å². The lowest BCUT2D eigenvalue weighted by molar-refractivity contribution is -0.118. The summed E-state index contributed by atoms with van der Waals surface area (Å²) in [5.41, 5.74) is 9.46. The van der Waals surface area contributed by atoms with Gasteiger partial charge in [0.2, 0.25) is 0 Å². The Morgan fingerprint density at radius 1 is 1.20 bits per heavy atom. The van der Waals surface area contributed by atoms with Gasteiger partial charge in [0.15, 0.2) is 5.78 Å². The van der Waals surface area contributed by atoms with E-state index in [9.17, 15) is 14.4 Å². The van der Waals surface area contributed by atoms with Crippen molar-refractivity contribution in [2.75, 3.05) is 20.3 Å². The summed E-state index contributed by atoms with van der Waals surface area (Å²) in [6, 6.07) is 15.8. The van der Waals surface area contributed by atoms with Crippen LogP contribution in [0.5, 0.6) is 5.75 Å². The number of rotatable bonds is 7. The molecular formula is C28H30FN3O3. The maximum Gasteiger partial charge on any atom is 0.162 e. The van der Waals surface area contributed by atoms with Crippen molar-refractivity contribution in [3.8, 4) is 11.8 Å². The number of methoxy groups -OCH3 is 1. The minimum atomic E-state index is -0.638. The number of nitriles is 1. The van der Waals surface area contributed by atoms with E-state index in [0.29, 0.717) is 59.8 Å². The highest BCUT2D eigenvalue weighted by Gasteiger charge is 2.44. The lowest BCUT2D eigenvalue weighted by Crippen LogP contribution is -2.43. The summed E-state index contributed by atoms with van der Waals surface area (Å²) in [5.74, 6) is -0.115. The minimum Gasteiger partial charge on any atom is -0.489 e. The Balaban J connectivity index is 1.81. The fourth-order valence-electron chi connectivity index (χ4n) is 4.96. The highest BCUT2D eigenvalue weighted by molar-refractivity contribution is 6.00. The SMILES string of the molecule is COCCN1C(N)=C(C#N)[C@@H](c2ccccc2OCc2cccc(F)c2)C2=C1CC(C)(C)CC2=O. The molecule has 0 aromatic heterocycles. The number of ether oxygens (including phenoxy) is 2. The Bertz CT molecular complexity index is 1240. The second kappa shape index (κ2) is 9.93. The normalized spacial score (nSPS) is 19.5. The predicted molar refractivity (Wildman–Crippen MR) is 130 cm³/mol. The first-order valence-electron chi connectivity index (χ1n) is 11.6. The monoisotopic (exact) mass is 475 g/mol. The van der Waals surface area contributed by atoms with Gasteiger partial charge in [-0.2, -0.15) is 5.26 Å². The molecule has 1 atom stereocenters. The van der Waals surface area contributed by atoms with Crippen LogP contribution in [0.3, 0.4) is 0 Å². The molecule has 0 amide bonds. The molecule has 1 aliphatic carbocycles. The Morgan fingerprint density at radius 3 is 2.69 bits per heavy atom. The van der Waals surface area contributed by atoms with Gasteiger partial charge in [0, 0.05) is 36.9 Å². The number of allylic oxidation sites excluding steroid dienone is 3. The molecule has 0 bridgehead atoms. The van der Waals surface area contributed by atoms with E-state index in [1.54, 1.807) is 25.3 Å². The molecule has 1 aliphatic heterocycles. The van der Waals surface area contributed by atoms with E-state index in [-0.39, 0.29) is 23.6 Å². The van der Waals surface area contributed by atoms with Crippen LogP contribution in [0, 0.1) is 22.6 Å². The zero-order chi connectivity index (χ0) is 25.2. The van der Waals surface area contributed by atoms with Gasteiger partial charge >= 0.3 is 0 Å². The molecule has 4 rings (SSSR count). The molecular weight excluding hydrogens is 445 g/mol. The van der Waals surface area contributed by atoms with E-state index in [4.69, 9.17) is 15.2 Å². The number of para-hydroxylation sites is 1. The van der Waals surface area contributed by atoms with Gasteiger partial charge in [0.25, 0.3) is 0 Å². The van der Waals surface area contributed by atoms with Gasteiger partial charge < -0.3 is 20.1 Å². The van der Waals surface area contributed by atoms with Gasteiger partial charge in [-0.25, -0.2) is 4.39 Å². The van der Waals surface area contributed by atoms with Crippen molar-refractivity contribution in [3.05, 3.63) is 88.1 Å². The number of ketones is 1. The molecule has 2 aromatic rings. The van der Waals surface area contributed by atoms with Crippen LogP contribution >= 0.6 is 0 Å². The molecule has 182 valence electrons. The summed E-state index contributed by atoms with van der Waals surface area (Å²) in [4.78, 5) is 15.4. The summed E-state index contributed by atoms with van der Waals surface area (Å²) in [6.07, 6.45) is 1.03. The summed E-state index contributed by atoms with van der Waals surface area (Å²) in [5, 5.41) is 10.2. The molecule has 6 nitrogen and oxygen atoms in total. The first kappa shape index (κ1) is 24.5. The maximum atomic E-state index is 13.7. The van der Waals surface area contributed by atoms with Gasteiger partial charge in [0.1, 0.15) is 24.0 Å². The molecule has 0 unspecified atom stereocenters. The minimum absolute atomic E-state index is 0.00357. The Kier molecular flexibility index (Phi) is 6.95. The molecule has 35 heavy (non-hydrogen) atoms. The van der Waals surface area contributed by atoms with Crippen LogP contribution in [0.25, 0.3) is 0 Å². The average Bonchev–Trinajstić information content (AvgIpc) is 2.81. The van der Waals surface area contributed by atoms with E-state index >= 15 is 0 Å². The molecule has 0 saturated heterocycles. The van der Waals surface area contributed by atoms with Crippen LogP contribution in [-0.2, 0) is 16.1 Å².